The SMILES string of the molecule is O=C1C=C(c2ccc(Br)cc2)/C(=C/Br)N1. The summed E-state index contributed by atoms with van der Waals surface area (Å²) >= 11 is 6.60. The van der Waals surface area contributed by atoms with Gasteiger partial charge in [0.2, 0.25) is 5.91 Å². The van der Waals surface area contributed by atoms with Gasteiger partial charge in [0, 0.05) is 21.1 Å². The molecule has 0 saturated heterocycles. The predicted molar refractivity (Wildman–Crippen MR) is 67.3 cm³/mol. The molecular weight excluding hydrogens is 322 g/mol. The molecule has 0 atom stereocenters. The Labute approximate surface area is 104 Å². The molecule has 0 radical (unpaired) electrons. The molecule has 0 fully saturated rings. The molecule has 2 nitrogen and oxygen atoms in total. The van der Waals surface area contributed by atoms with Gasteiger partial charge in [0.05, 0.1) is 5.70 Å². The van der Waals surface area contributed by atoms with Crippen LogP contribution in [0.2, 0.25) is 0 Å². The number of hydrogen-bond acceptors (Lipinski definition) is 1. The van der Waals surface area contributed by atoms with E-state index >= 15 is 0 Å². The van der Waals surface area contributed by atoms with Crippen LogP contribution in [-0.4, -0.2) is 5.91 Å². The van der Waals surface area contributed by atoms with E-state index in [-0.39, 0.29) is 5.91 Å². The number of carbonyl (C=O) groups excluding carboxylic acids is 1. The van der Waals surface area contributed by atoms with Crippen molar-refractivity contribution in [3.05, 3.63) is 51.1 Å². The van der Waals surface area contributed by atoms with E-state index in [0.717, 1.165) is 21.3 Å². The van der Waals surface area contributed by atoms with Crippen LogP contribution in [0.5, 0.6) is 0 Å². The van der Waals surface area contributed by atoms with Gasteiger partial charge in [-0.1, -0.05) is 44.0 Å². The number of carbonyl (C=O) groups is 1. The Hall–Kier alpha value is -0.870. The fourth-order valence-corrected chi connectivity index (χ4v) is 2.02. The topological polar surface area (TPSA) is 29.1 Å². The molecule has 1 amide bonds. The van der Waals surface area contributed by atoms with Crippen molar-refractivity contribution in [2.45, 2.75) is 0 Å². The minimum absolute atomic E-state index is 0.0846. The lowest BCUT2D eigenvalue weighted by Crippen LogP contribution is -2.12. The van der Waals surface area contributed by atoms with E-state index in [1.165, 1.54) is 0 Å². The summed E-state index contributed by atoms with van der Waals surface area (Å²) in [5, 5.41) is 2.74. The third-order valence-electron chi connectivity index (χ3n) is 2.09. The Kier molecular flexibility index (Phi) is 3.07. The number of rotatable bonds is 1. The molecule has 1 heterocycles. The summed E-state index contributed by atoms with van der Waals surface area (Å²) < 4.78 is 1.02. The Morgan fingerprint density at radius 1 is 1.20 bits per heavy atom. The highest BCUT2D eigenvalue weighted by Gasteiger charge is 2.17. The summed E-state index contributed by atoms with van der Waals surface area (Å²) in [7, 11) is 0. The molecule has 1 aliphatic rings. The zero-order valence-electron chi connectivity index (χ0n) is 7.63. The molecule has 1 aliphatic heterocycles. The highest BCUT2D eigenvalue weighted by atomic mass is 79.9. The summed E-state index contributed by atoms with van der Waals surface area (Å²) in [5.74, 6) is -0.0846. The molecule has 0 unspecified atom stereocenters. The molecule has 0 aromatic heterocycles. The molecule has 0 bridgehead atoms. The average Bonchev–Trinajstić information content (AvgIpc) is 2.61. The van der Waals surface area contributed by atoms with E-state index in [1.807, 2.05) is 24.3 Å². The normalized spacial score (nSPS) is 17.9. The van der Waals surface area contributed by atoms with Gasteiger partial charge in [0.1, 0.15) is 0 Å². The van der Waals surface area contributed by atoms with Crippen LogP contribution in [0.25, 0.3) is 5.57 Å². The largest absolute Gasteiger partial charge is 0.321 e. The highest BCUT2D eigenvalue weighted by Crippen LogP contribution is 2.27. The molecule has 4 heteroatoms. The second kappa shape index (κ2) is 4.33. The van der Waals surface area contributed by atoms with E-state index < -0.39 is 0 Å². The fourth-order valence-electron chi connectivity index (χ4n) is 1.40. The van der Waals surface area contributed by atoms with Crippen molar-refractivity contribution < 1.29 is 4.79 Å². The summed E-state index contributed by atoms with van der Waals surface area (Å²) in [4.78, 5) is 12.9. The Bertz CT molecular complexity index is 460. The van der Waals surface area contributed by atoms with Crippen molar-refractivity contribution in [3.63, 3.8) is 0 Å². The Balaban J connectivity index is 2.42. The zero-order chi connectivity index (χ0) is 10.8. The van der Waals surface area contributed by atoms with Crippen molar-refractivity contribution in [1.82, 2.24) is 5.32 Å². The van der Waals surface area contributed by atoms with Crippen LogP contribution in [0.1, 0.15) is 5.56 Å². The standard InChI is InChI=1S/C11H7Br2NO/c12-6-10-9(5-11(15)14-10)7-1-3-8(13)4-2-7/h1-6H,(H,14,15)/b10-6-. The van der Waals surface area contributed by atoms with E-state index in [1.54, 1.807) is 11.1 Å². The van der Waals surface area contributed by atoms with Gasteiger partial charge in [0.25, 0.3) is 0 Å². The van der Waals surface area contributed by atoms with Crippen LogP contribution in [0.15, 0.2) is 45.5 Å². The molecule has 1 aromatic carbocycles. The summed E-state index contributed by atoms with van der Waals surface area (Å²) in [6.07, 6.45) is 1.59. The summed E-state index contributed by atoms with van der Waals surface area (Å²) in [6, 6.07) is 7.83. The maximum atomic E-state index is 11.2. The van der Waals surface area contributed by atoms with Crippen LogP contribution in [0.3, 0.4) is 0 Å². The molecule has 15 heavy (non-hydrogen) atoms. The van der Waals surface area contributed by atoms with Gasteiger partial charge >= 0.3 is 0 Å². The van der Waals surface area contributed by atoms with E-state index in [9.17, 15) is 4.79 Å². The molecular formula is C11H7Br2NO. The third kappa shape index (κ3) is 2.21. The molecule has 2 rings (SSSR count). The van der Waals surface area contributed by atoms with Gasteiger partial charge in [0.15, 0.2) is 0 Å². The first-order chi connectivity index (χ1) is 7.20. The first kappa shape index (κ1) is 10.6. The number of allylic oxidation sites excluding steroid dienone is 1. The second-order valence-corrected chi connectivity index (χ2v) is 4.45. The summed E-state index contributed by atoms with van der Waals surface area (Å²) in [6.45, 7) is 0. The number of hydrogen-bond donors (Lipinski definition) is 1. The van der Waals surface area contributed by atoms with Gasteiger partial charge in [-0.15, -0.1) is 0 Å². The maximum absolute atomic E-state index is 11.2. The quantitative estimate of drug-likeness (QED) is 0.842. The minimum Gasteiger partial charge on any atom is -0.321 e. The molecule has 1 aromatic rings. The van der Waals surface area contributed by atoms with Gasteiger partial charge in [-0.05, 0) is 17.7 Å². The number of nitrogens with one attached hydrogen (secondary N) is 1. The molecule has 0 aliphatic carbocycles. The first-order valence-electron chi connectivity index (χ1n) is 4.30. The van der Waals surface area contributed by atoms with Crippen LogP contribution in [0.4, 0.5) is 0 Å². The van der Waals surface area contributed by atoms with Crippen molar-refractivity contribution in [2.75, 3.05) is 0 Å². The Morgan fingerprint density at radius 3 is 2.47 bits per heavy atom. The van der Waals surface area contributed by atoms with Gasteiger partial charge < -0.3 is 5.32 Å². The molecule has 76 valence electrons. The van der Waals surface area contributed by atoms with Crippen molar-refractivity contribution in [1.29, 1.82) is 0 Å². The van der Waals surface area contributed by atoms with Crippen molar-refractivity contribution in [2.24, 2.45) is 0 Å². The summed E-state index contributed by atoms with van der Waals surface area (Å²) in [5.41, 5.74) is 2.72. The first-order valence-corrected chi connectivity index (χ1v) is 6.01. The van der Waals surface area contributed by atoms with Crippen LogP contribution in [-0.2, 0) is 4.79 Å². The van der Waals surface area contributed by atoms with Crippen LogP contribution in [0, 0.1) is 0 Å². The van der Waals surface area contributed by atoms with Gasteiger partial charge in [-0.2, -0.15) is 0 Å². The predicted octanol–water partition coefficient (Wildman–Crippen LogP) is 3.20. The number of halogens is 2. The van der Waals surface area contributed by atoms with Gasteiger partial charge in [-0.25, -0.2) is 0 Å². The second-order valence-electron chi connectivity index (χ2n) is 3.08. The van der Waals surface area contributed by atoms with E-state index in [2.05, 4.69) is 37.2 Å². The highest BCUT2D eigenvalue weighted by molar-refractivity contribution is 9.11. The average molecular weight is 329 g/mol. The molecule has 1 N–H and O–H groups in total. The molecule has 0 saturated carbocycles. The lowest BCUT2D eigenvalue weighted by Gasteiger charge is -2.04. The van der Waals surface area contributed by atoms with Gasteiger partial charge in [-0.3, -0.25) is 4.79 Å². The van der Waals surface area contributed by atoms with E-state index in [0.29, 0.717) is 0 Å². The lowest BCUT2D eigenvalue weighted by molar-refractivity contribution is -0.115. The third-order valence-corrected chi connectivity index (χ3v) is 3.07. The monoisotopic (exact) mass is 327 g/mol. The fraction of sp³-hybridized carbons (Fsp3) is 0. The van der Waals surface area contributed by atoms with Crippen molar-refractivity contribution in [3.8, 4) is 0 Å². The van der Waals surface area contributed by atoms with Crippen LogP contribution < -0.4 is 5.32 Å². The number of amides is 1. The Morgan fingerprint density at radius 2 is 1.87 bits per heavy atom. The number of benzene rings is 1. The lowest BCUT2D eigenvalue weighted by atomic mass is 10.1. The molecule has 0 spiro atoms. The minimum atomic E-state index is -0.0846. The van der Waals surface area contributed by atoms with E-state index in [4.69, 9.17) is 0 Å². The smallest absolute Gasteiger partial charge is 0.249 e. The van der Waals surface area contributed by atoms with Crippen molar-refractivity contribution >= 4 is 43.3 Å². The maximum Gasteiger partial charge on any atom is 0.249 e. The zero-order valence-corrected chi connectivity index (χ0v) is 10.8. The van der Waals surface area contributed by atoms with Crippen LogP contribution >= 0.6 is 31.9 Å².